The second kappa shape index (κ2) is 13.6. The van der Waals surface area contributed by atoms with Gasteiger partial charge in [0.1, 0.15) is 24.3 Å². The molecule has 45 heavy (non-hydrogen) atoms. The molecule has 0 aliphatic heterocycles. The molecule has 0 N–H and O–H groups in total. The predicted molar refractivity (Wildman–Crippen MR) is 169 cm³/mol. The molecule has 4 rings (SSSR count). The average molecular weight is 658 g/mol. The van der Waals surface area contributed by atoms with Crippen molar-refractivity contribution in [1.82, 2.24) is 19.7 Å². The maximum Gasteiger partial charge on any atom is 0.475 e. The zero-order valence-electron chi connectivity index (χ0n) is 26.5. The van der Waals surface area contributed by atoms with Crippen molar-refractivity contribution in [1.29, 1.82) is 5.26 Å². The topological polar surface area (TPSA) is 112 Å². The van der Waals surface area contributed by atoms with Crippen molar-refractivity contribution in [3.05, 3.63) is 88.3 Å². The van der Waals surface area contributed by atoms with Crippen LogP contribution in [0, 0.1) is 23.0 Å². The van der Waals surface area contributed by atoms with Crippen molar-refractivity contribution in [2.24, 2.45) is 0 Å². The second-order valence-corrected chi connectivity index (χ2v) is 15.2. The van der Waals surface area contributed by atoms with E-state index >= 15 is 4.39 Å². The van der Waals surface area contributed by atoms with Gasteiger partial charge in [-0.15, -0.1) is 11.3 Å². The Hall–Kier alpha value is -3.33. The third-order valence-electron chi connectivity index (χ3n) is 6.98. The summed E-state index contributed by atoms with van der Waals surface area (Å²) in [5.41, 5.74) is -0.576. The predicted octanol–water partition coefficient (Wildman–Crippen LogP) is 8.44. The molecule has 0 unspecified atom stereocenters. The lowest BCUT2D eigenvalue weighted by atomic mass is 9.68. The molecule has 0 amide bonds. The van der Waals surface area contributed by atoms with Crippen molar-refractivity contribution in [3.8, 4) is 17.3 Å². The van der Waals surface area contributed by atoms with Crippen LogP contribution in [0.15, 0.2) is 60.5 Å². The third kappa shape index (κ3) is 8.90. The van der Waals surface area contributed by atoms with Crippen LogP contribution in [0.1, 0.15) is 76.9 Å². The highest BCUT2D eigenvalue weighted by molar-refractivity contribution is 7.48. The zero-order valence-corrected chi connectivity index (χ0v) is 28.2. The van der Waals surface area contributed by atoms with Gasteiger partial charge in [0.25, 0.3) is 0 Å². The van der Waals surface area contributed by atoms with Gasteiger partial charge in [0.2, 0.25) is 0 Å². The number of hydrogen-bond donors (Lipinski definition) is 0. The molecular formula is C32H38F2N5O4PS. The lowest BCUT2D eigenvalue weighted by Crippen LogP contribution is -2.39. The van der Waals surface area contributed by atoms with E-state index in [0.29, 0.717) is 16.3 Å². The van der Waals surface area contributed by atoms with Crippen LogP contribution in [0.25, 0.3) is 11.3 Å². The Labute approximate surface area is 266 Å². The Morgan fingerprint density at radius 3 is 2.27 bits per heavy atom. The number of halogens is 2. The summed E-state index contributed by atoms with van der Waals surface area (Å²) in [4.78, 5) is 8.98. The molecule has 240 valence electrons. The number of nitriles is 1. The molecular weight excluding hydrogens is 619 g/mol. The van der Waals surface area contributed by atoms with Gasteiger partial charge in [-0.3, -0.25) is 18.3 Å². The molecule has 9 nitrogen and oxygen atoms in total. The maximum atomic E-state index is 15.8. The van der Waals surface area contributed by atoms with Crippen molar-refractivity contribution >= 4 is 19.2 Å². The van der Waals surface area contributed by atoms with E-state index in [4.69, 9.17) is 18.6 Å². The first-order valence-electron chi connectivity index (χ1n) is 14.4. The normalized spacial score (nSPS) is 14.6. The van der Waals surface area contributed by atoms with Crippen molar-refractivity contribution < 1.29 is 26.9 Å². The van der Waals surface area contributed by atoms with Crippen LogP contribution in [0.2, 0.25) is 0 Å². The standard InChI is InChI=1S/C32H38F2N5O4PS/c1-22(29-38-28(18-45-29)24-10-8-23(17-35)9-11-24)32(19-39-21-36-20-37-39,26-13-12-25(33)16-27(26)34)14-15-41-44(40,42-30(2,3)4)43-31(5,6)7/h8-13,16,18,20-22H,14-15,19H2,1-7H3/t22-,32-/m0/s1. The molecule has 13 heteroatoms. The summed E-state index contributed by atoms with van der Waals surface area (Å²) in [7, 11) is -4.10. The summed E-state index contributed by atoms with van der Waals surface area (Å²) >= 11 is 1.40. The molecule has 2 aromatic heterocycles. The first-order valence-corrected chi connectivity index (χ1v) is 16.8. The molecule has 2 aromatic carbocycles. The molecule has 2 heterocycles. The van der Waals surface area contributed by atoms with Crippen LogP contribution < -0.4 is 0 Å². The number of nitrogens with zero attached hydrogens (tertiary/aromatic N) is 5. The van der Waals surface area contributed by atoms with Gasteiger partial charge in [0.05, 0.1) is 46.7 Å². The van der Waals surface area contributed by atoms with Gasteiger partial charge < -0.3 is 0 Å². The number of phosphoric acid groups is 1. The molecule has 0 aliphatic carbocycles. The molecule has 0 aliphatic rings. The molecule has 2 atom stereocenters. The quantitative estimate of drug-likeness (QED) is 0.140. The Balaban J connectivity index is 1.79. The number of aromatic nitrogens is 4. The summed E-state index contributed by atoms with van der Waals surface area (Å²) in [5.74, 6) is -1.94. The molecule has 0 saturated heterocycles. The van der Waals surface area contributed by atoms with Gasteiger partial charge in [0.15, 0.2) is 0 Å². The Morgan fingerprint density at radius 2 is 1.71 bits per heavy atom. The van der Waals surface area contributed by atoms with Gasteiger partial charge in [-0.2, -0.15) is 10.4 Å². The number of thiazole rings is 1. The summed E-state index contributed by atoms with van der Waals surface area (Å²) in [6.07, 6.45) is 3.00. The van der Waals surface area contributed by atoms with E-state index in [9.17, 15) is 14.2 Å². The first-order chi connectivity index (χ1) is 21.0. The van der Waals surface area contributed by atoms with Crippen LogP contribution in [-0.4, -0.2) is 37.6 Å². The second-order valence-electron chi connectivity index (χ2n) is 12.8. The minimum absolute atomic E-state index is 0.105. The number of hydrogen-bond acceptors (Lipinski definition) is 9. The summed E-state index contributed by atoms with van der Waals surface area (Å²) < 4.78 is 63.1. The van der Waals surface area contributed by atoms with Gasteiger partial charge in [-0.05, 0) is 71.7 Å². The smallest absolute Gasteiger partial charge is 0.287 e. The Bertz CT molecular complexity index is 1660. The largest absolute Gasteiger partial charge is 0.475 e. The average Bonchev–Trinajstić information content (AvgIpc) is 3.63. The lowest BCUT2D eigenvalue weighted by molar-refractivity contribution is 0.000603. The SMILES string of the molecule is C[C@@H](c1nc(-c2ccc(C#N)cc2)cs1)[C@](CCOP(=O)(OC(C)(C)C)OC(C)(C)C)(Cn1cncn1)c1ccc(F)cc1F. The van der Waals surface area contributed by atoms with Crippen LogP contribution >= 0.6 is 19.2 Å². The van der Waals surface area contributed by atoms with E-state index in [1.165, 1.54) is 36.1 Å². The molecule has 0 radical (unpaired) electrons. The highest BCUT2D eigenvalue weighted by atomic mass is 32.1. The third-order valence-corrected chi connectivity index (χ3v) is 10.0. The van der Waals surface area contributed by atoms with Crippen LogP contribution in [0.3, 0.4) is 0 Å². The molecule has 4 aromatic rings. The van der Waals surface area contributed by atoms with Crippen LogP contribution in [0.4, 0.5) is 8.78 Å². The van der Waals surface area contributed by atoms with E-state index in [1.807, 2.05) is 24.4 Å². The van der Waals surface area contributed by atoms with Gasteiger partial charge in [0, 0.05) is 28.3 Å². The van der Waals surface area contributed by atoms with Crippen molar-refractivity contribution in [2.75, 3.05) is 6.61 Å². The Kier molecular flexibility index (Phi) is 10.4. The summed E-state index contributed by atoms with van der Waals surface area (Å²) in [6, 6.07) is 12.7. The highest BCUT2D eigenvalue weighted by Crippen LogP contribution is 2.56. The van der Waals surface area contributed by atoms with Crippen LogP contribution in [0.5, 0.6) is 0 Å². The zero-order chi connectivity index (χ0) is 33.0. The summed E-state index contributed by atoms with van der Waals surface area (Å²) in [5, 5.41) is 16.0. The monoisotopic (exact) mass is 657 g/mol. The van der Waals surface area contributed by atoms with E-state index in [-0.39, 0.29) is 25.1 Å². The fourth-order valence-electron chi connectivity index (χ4n) is 5.04. The maximum absolute atomic E-state index is 15.8. The van der Waals surface area contributed by atoms with E-state index in [1.54, 1.807) is 58.4 Å². The van der Waals surface area contributed by atoms with Crippen molar-refractivity contribution in [3.63, 3.8) is 0 Å². The highest BCUT2D eigenvalue weighted by Gasteiger charge is 2.45. The first kappa shape index (κ1) is 34.5. The minimum atomic E-state index is -4.10. The minimum Gasteiger partial charge on any atom is -0.287 e. The Morgan fingerprint density at radius 1 is 1.04 bits per heavy atom. The lowest BCUT2D eigenvalue weighted by Gasteiger charge is -2.39. The fourth-order valence-corrected chi connectivity index (χ4v) is 7.84. The van der Waals surface area contributed by atoms with Crippen molar-refractivity contribution in [2.45, 2.75) is 84.0 Å². The molecule has 0 spiro atoms. The number of phosphoric ester groups is 1. The van der Waals surface area contributed by atoms with Gasteiger partial charge in [-0.25, -0.2) is 23.3 Å². The van der Waals surface area contributed by atoms with E-state index in [0.717, 1.165) is 11.6 Å². The molecule has 0 saturated carbocycles. The van der Waals surface area contributed by atoms with E-state index in [2.05, 4.69) is 16.2 Å². The van der Waals surface area contributed by atoms with Crippen LogP contribution in [-0.2, 0) is 30.1 Å². The van der Waals surface area contributed by atoms with Gasteiger partial charge >= 0.3 is 7.82 Å². The number of rotatable bonds is 12. The summed E-state index contributed by atoms with van der Waals surface area (Å²) in [6.45, 7) is 12.3. The van der Waals surface area contributed by atoms with E-state index < -0.39 is 42.0 Å². The molecule has 0 fully saturated rings. The fraction of sp³-hybridized carbons (Fsp3) is 0.438. The van der Waals surface area contributed by atoms with Gasteiger partial charge in [-0.1, -0.05) is 25.1 Å². The number of benzene rings is 2. The molecule has 0 bridgehead atoms.